The lowest BCUT2D eigenvalue weighted by Crippen LogP contribution is -2.26. The van der Waals surface area contributed by atoms with E-state index < -0.39 is 0 Å². The molecule has 24 heavy (non-hydrogen) atoms. The molecule has 0 unspecified atom stereocenters. The Morgan fingerprint density at radius 2 is 1.96 bits per heavy atom. The molecular formula is C18H23N3O2S. The monoisotopic (exact) mass is 345 g/mol. The number of carbonyl (C=O) groups excluding carboxylic acids is 1. The highest BCUT2D eigenvalue weighted by molar-refractivity contribution is 8.00. The molecule has 0 saturated heterocycles. The molecule has 0 bridgehead atoms. The van der Waals surface area contributed by atoms with E-state index in [0.717, 1.165) is 23.9 Å². The zero-order valence-corrected chi connectivity index (χ0v) is 15.0. The normalized spacial score (nSPS) is 12.3. The maximum absolute atomic E-state index is 12.1. The number of nitrogens with zero attached hydrogens (tertiary/aromatic N) is 2. The molecule has 0 aliphatic heterocycles. The quantitative estimate of drug-likeness (QED) is 0.450. The highest BCUT2D eigenvalue weighted by Crippen LogP contribution is 2.22. The molecule has 1 aromatic heterocycles. The van der Waals surface area contributed by atoms with Crippen LogP contribution in [-0.2, 0) is 4.79 Å². The zero-order valence-electron chi connectivity index (χ0n) is 14.2. The first-order valence-electron chi connectivity index (χ1n) is 8.03. The molecule has 6 heteroatoms. The van der Waals surface area contributed by atoms with Crippen molar-refractivity contribution in [2.24, 2.45) is 5.10 Å². The highest BCUT2D eigenvalue weighted by Gasteiger charge is 2.13. The SMILES string of the molecule is CCN(CC)c1ccc(/C=N\NC(=O)[C@@H](C)Sc2ccccc2)o1. The number of hydrazone groups is 1. The third-order valence-corrected chi connectivity index (χ3v) is 4.59. The van der Waals surface area contributed by atoms with Crippen molar-refractivity contribution in [2.75, 3.05) is 18.0 Å². The molecule has 0 fully saturated rings. The summed E-state index contributed by atoms with van der Waals surface area (Å²) in [7, 11) is 0. The van der Waals surface area contributed by atoms with Crippen LogP contribution < -0.4 is 10.3 Å². The fourth-order valence-corrected chi connectivity index (χ4v) is 3.01. The van der Waals surface area contributed by atoms with Gasteiger partial charge in [-0.3, -0.25) is 4.79 Å². The number of rotatable bonds is 8. The fraction of sp³-hybridized carbons (Fsp3) is 0.333. The van der Waals surface area contributed by atoms with Crippen LogP contribution in [0.3, 0.4) is 0 Å². The molecule has 1 atom stereocenters. The molecule has 1 heterocycles. The number of benzene rings is 1. The summed E-state index contributed by atoms with van der Waals surface area (Å²) in [5.41, 5.74) is 2.55. The Balaban J connectivity index is 1.85. The summed E-state index contributed by atoms with van der Waals surface area (Å²) >= 11 is 1.50. The third-order valence-electron chi connectivity index (χ3n) is 3.48. The van der Waals surface area contributed by atoms with Crippen molar-refractivity contribution < 1.29 is 9.21 Å². The molecule has 5 nitrogen and oxygen atoms in total. The van der Waals surface area contributed by atoms with Crippen LogP contribution in [0.2, 0.25) is 0 Å². The summed E-state index contributed by atoms with van der Waals surface area (Å²) in [6, 6.07) is 13.6. The minimum absolute atomic E-state index is 0.143. The summed E-state index contributed by atoms with van der Waals surface area (Å²) in [5, 5.41) is 3.75. The van der Waals surface area contributed by atoms with Gasteiger partial charge in [-0.15, -0.1) is 11.8 Å². The van der Waals surface area contributed by atoms with Crippen molar-refractivity contribution in [2.45, 2.75) is 30.9 Å². The molecule has 1 amide bonds. The van der Waals surface area contributed by atoms with Gasteiger partial charge in [0.25, 0.3) is 5.91 Å². The van der Waals surface area contributed by atoms with Gasteiger partial charge in [-0.25, -0.2) is 5.43 Å². The van der Waals surface area contributed by atoms with Gasteiger partial charge in [-0.1, -0.05) is 18.2 Å². The largest absolute Gasteiger partial charge is 0.440 e. The van der Waals surface area contributed by atoms with E-state index in [1.807, 2.05) is 49.4 Å². The molecule has 0 saturated carbocycles. The average molecular weight is 345 g/mol. The summed E-state index contributed by atoms with van der Waals surface area (Å²) in [6.45, 7) is 7.77. The van der Waals surface area contributed by atoms with E-state index >= 15 is 0 Å². The molecule has 2 aromatic rings. The van der Waals surface area contributed by atoms with Crippen LogP contribution in [0.5, 0.6) is 0 Å². The first-order chi connectivity index (χ1) is 11.6. The summed E-state index contributed by atoms with van der Waals surface area (Å²) in [6.07, 6.45) is 1.52. The van der Waals surface area contributed by atoms with Gasteiger partial charge in [0.2, 0.25) is 0 Å². The Morgan fingerprint density at radius 1 is 1.25 bits per heavy atom. The van der Waals surface area contributed by atoms with Crippen LogP contribution in [0, 0.1) is 0 Å². The van der Waals surface area contributed by atoms with Crippen LogP contribution in [0.25, 0.3) is 0 Å². The molecule has 0 radical (unpaired) electrons. The molecule has 1 aromatic carbocycles. The highest BCUT2D eigenvalue weighted by atomic mass is 32.2. The second-order valence-corrected chi connectivity index (χ2v) is 6.57. The van der Waals surface area contributed by atoms with Gasteiger partial charge in [-0.2, -0.15) is 5.10 Å². The summed E-state index contributed by atoms with van der Waals surface area (Å²) in [5.74, 6) is 1.27. The number of carbonyl (C=O) groups is 1. The van der Waals surface area contributed by atoms with Crippen LogP contribution in [0.15, 0.2) is 56.9 Å². The second kappa shape index (κ2) is 9.17. The van der Waals surface area contributed by atoms with E-state index in [1.165, 1.54) is 18.0 Å². The van der Waals surface area contributed by atoms with Gasteiger partial charge < -0.3 is 9.32 Å². The minimum atomic E-state index is -0.229. The Hall–Kier alpha value is -2.21. The van der Waals surface area contributed by atoms with E-state index in [1.54, 1.807) is 0 Å². The van der Waals surface area contributed by atoms with Gasteiger partial charge >= 0.3 is 0 Å². The smallest absolute Gasteiger partial charge is 0.253 e. The maximum atomic E-state index is 12.1. The van der Waals surface area contributed by atoms with E-state index in [4.69, 9.17) is 4.42 Å². The Bertz CT molecular complexity index is 666. The van der Waals surface area contributed by atoms with Crippen molar-refractivity contribution in [3.63, 3.8) is 0 Å². The molecule has 0 aliphatic rings. The first-order valence-corrected chi connectivity index (χ1v) is 8.91. The van der Waals surface area contributed by atoms with Gasteiger partial charge in [0, 0.05) is 24.1 Å². The summed E-state index contributed by atoms with van der Waals surface area (Å²) in [4.78, 5) is 15.2. The van der Waals surface area contributed by atoms with Gasteiger partial charge in [0.15, 0.2) is 5.88 Å². The number of hydrogen-bond acceptors (Lipinski definition) is 5. The Labute approximate surface area is 147 Å². The number of furan rings is 1. The average Bonchev–Trinajstić information content (AvgIpc) is 3.05. The molecule has 0 spiro atoms. The van der Waals surface area contributed by atoms with Crippen molar-refractivity contribution in [1.82, 2.24) is 5.43 Å². The molecule has 1 N–H and O–H groups in total. The zero-order chi connectivity index (χ0) is 17.4. The number of nitrogens with one attached hydrogen (secondary N) is 1. The van der Waals surface area contributed by atoms with Crippen LogP contribution >= 0.6 is 11.8 Å². The van der Waals surface area contributed by atoms with Gasteiger partial charge in [-0.05, 0) is 39.0 Å². The van der Waals surface area contributed by atoms with E-state index in [0.29, 0.717) is 5.76 Å². The standard InChI is InChI=1S/C18H23N3O2S/c1-4-21(5-2)17-12-11-15(23-17)13-19-20-18(22)14(3)24-16-9-7-6-8-10-16/h6-14H,4-5H2,1-3H3,(H,20,22)/b19-13-/t14-/m1/s1. The number of anilines is 1. The lowest BCUT2D eigenvalue weighted by molar-refractivity contribution is -0.120. The van der Waals surface area contributed by atoms with Crippen molar-refractivity contribution in [3.8, 4) is 0 Å². The predicted octanol–water partition coefficient (Wildman–Crippen LogP) is 3.76. The lowest BCUT2D eigenvalue weighted by Gasteiger charge is -2.16. The second-order valence-electron chi connectivity index (χ2n) is 5.16. The van der Waals surface area contributed by atoms with E-state index in [-0.39, 0.29) is 11.2 Å². The van der Waals surface area contributed by atoms with Gasteiger partial charge in [0.05, 0.1) is 11.5 Å². The molecular weight excluding hydrogens is 322 g/mol. The Morgan fingerprint density at radius 3 is 2.62 bits per heavy atom. The van der Waals surface area contributed by atoms with Crippen LogP contribution in [-0.4, -0.2) is 30.5 Å². The number of thioether (sulfide) groups is 1. The first kappa shape index (κ1) is 18.1. The third kappa shape index (κ3) is 5.16. The van der Waals surface area contributed by atoms with E-state index in [9.17, 15) is 4.79 Å². The number of amides is 1. The molecule has 2 rings (SSSR count). The maximum Gasteiger partial charge on any atom is 0.253 e. The van der Waals surface area contributed by atoms with Crippen molar-refractivity contribution in [1.29, 1.82) is 0 Å². The number of hydrogen-bond donors (Lipinski definition) is 1. The predicted molar refractivity (Wildman–Crippen MR) is 99.8 cm³/mol. The van der Waals surface area contributed by atoms with Gasteiger partial charge in [0.1, 0.15) is 5.76 Å². The van der Waals surface area contributed by atoms with Crippen molar-refractivity contribution in [3.05, 3.63) is 48.2 Å². The van der Waals surface area contributed by atoms with Crippen molar-refractivity contribution >= 4 is 29.8 Å². The van der Waals surface area contributed by atoms with Crippen LogP contribution in [0.4, 0.5) is 5.88 Å². The lowest BCUT2D eigenvalue weighted by atomic mass is 10.4. The minimum Gasteiger partial charge on any atom is -0.440 e. The summed E-state index contributed by atoms with van der Waals surface area (Å²) < 4.78 is 5.69. The van der Waals surface area contributed by atoms with Crippen LogP contribution in [0.1, 0.15) is 26.5 Å². The molecule has 0 aliphatic carbocycles. The molecule has 128 valence electrons. The van der Waals surface area contributed by atoms with E-state index in [2.05, 4.69) is 29.3 Å². The topological polar surface area (TPSA) is 57.8 Å². The fourth-order valence-electron chi connectivity index (χ4n) is 2.12. The Kier molecular flexibility index (Phi) is 6.93.